The lowest BCUT2D eigenvalue weighted by atomic mass is 10.2. The Morgan fingerprint density at radius 2 is 2.00 bits per heavy atom. The number of rotatable bonds is 4. The highest BCUT2D eigenvalue weighted by molar-refractivity contribution is 7.99. The van der Waals surface area contributed by atoms with Crippen LogP contribution in [0.2, 0.25) is 0 Å². The number of hydrogen-bond donors (Lipinski definition) is 1. The second-order valence-corrected chi connectivity index (χ2v) is 6.95. The van der Waals surface area contributed by atoms with Gasteiger partial charge in [0.05, 0.1) is 32.5 Å². The zero-order valence-electron chi connectivity index (χ0n) is 12.0. The van der Waals surface area contributed by atoms with E-state index < -0.39 is 10.5 Å². The molecule has 2 unspecified atom stereocenters. The number of likely N-dealkylation sites (tertiary alicyclic amines) is 1. The summed E-state index contributed by atoms with van der Waals surface area (Å²) in [6.45, 7) is 2.65. The van der Waals surface area contributed by atoms with E-state index in [1.54, 1.807) is 12.0 Å². The molecule has 0 bridgehead atoms. The molecule has 2 atom stereocenters. The van der Waals surface area contributed by atoms with Gasteiger partial charge in [0.15, 0.2) is 0 Å². The number of nitrogens with one attached hydrogen (secondary N) is 1. The maximum Gasteiger partial charge on any atom is 0.255 e. The summed E-state index contributed by atoms with van der Waals surface area (Å²) in [5, 5.41) is 0.849. The Hall–Kier alpha value is -0.830. The van der Waals surface area contributed by atoms with Crippen LogP contribution in [0.4, 0.5) is 3.89 Å². The van der Waals surface area contributed by atoms with Gasteiger partial charge >= 0.3 is 0 Å². The van der Waals surface area contributed by atoms with Gasteiger partial charge in [0, 0.05) is 12.2 Å². The first-order chi connectivity index (χ1) is 9.78. The van der Waals surface area contributed by atoms with Crippen LogP contribution >= 0.6 is 11.8 Å². The summed E-state index contributed by atoms with van der Waals surface area (Å²) >= 11 is 2.09. The lowest BCUT2D eigenvalue weighted by Crippen LogP contribution is -3.07. The van der Waals surface area contributed by atoms with Crippen molar-refractivity contribution in [3.05, 3.63) is 29.8 Å². The van der Waals surface area contributed by atoms with Crippen molar-refractivity contribution in [3.63, 3.8) is 0 Å². The Morgan fingerprint density at radius 3 is 2.43 bits per heavy atom. The van der Waals surface area contributed by atoms with E-state index in [1.165, 1.54) is 25.1 Å². The van der Waals surface area contributed by atoms with E-state index in [4.69, 9.17) is 17.7 Å². The number of hydrogen-bond acceptors (Lipinski definition) is 5. The van der Waals surface area contributed by atoms with Crippen molar-refractivity contribution in [1.82, 2.24) is 0 Å². The van der Waals surface area contributed by atoms with Crippen molar-refractivity contribution in [3.8, 4) is 5.75 Å². The van der Waals surface area contributed by atoms with E-state index in [9.17, 15) is 3.89 Å². The molecule has 0 saturated carbocycles. The first kappa shape index (κ1) is 18.2. The van der Waals surface area contributed by atoms with E-state index in [-0.39, 0.29) is 0 Å². The van der Waals surface area contributed by atoms with E-state index in [2.05, 4.69) is 30.9 Å². The van der Waals surface area contributed by atoms with Crippen molar-refractivity contribution in [2.45, 2.75) is 17.4 Å². The van der Waals surface area contributed by atoms with Crippen molar-refractivity contribution < 1.29 is 26.5 Å². The van der Waals surface area contributed by atoms with Crippen LogP contribution in [-0.4, -0.2) is 45.5 Å². The molecule has 1 aromatic carbocycles. The van der Waals surface area contributed by atoms with Gasteiger partial charge in [0.2, 0.25) is 0 Å². The van der Waals surface area contributed by atoms with Crippen LogP contribution < -0.4 is 9.64 Å². The molecule has 0 radical (unpaired) electrons. The fraction of sp³-hybridized carbons (Fsp3) is 0.538. The van der Waals surface area contributed by atoms with Gasteiger partial charge in [-0.3, -0.25) is 0 Å². The molecule has 2 rings (SSSR count). The molecule has 1 fully saturated rings. The molecule has 8 heteroatoms. The van der Waals surface area contributed by atoms with E-state index in [0.29, 0.717) is 0 Å². The van der Waals surface area contributed by atoms with Crippen molar-refractivity contribution in [2.24, 2.45) is 0 Å². The quantitative estimate of drug-likeness (QED) is 0.645. The molecule has 1 heterocycles. The topological polar surface area (TPSA) is 70.9 Å². The number of halogens is 1. The summed E-state index contributed by atoms with van der Waals surface area (Å²) in [7, 11) is -1.42. The van der Waals surface area contributed by atoms with Crippen molar-refractivity contribution in [2.75, 3.05) is 27.2 Å². The van der Waals surface area contributed by atoms with Crippen LogP contribution in [0.25, 0.3) is 0 Å². The minimum Gasteiger partial charge on any atom is -0.722 e. The van der Waals surface area contributed by atoms with Crippen molar-refractivity contribution in [1.29, 1.82) is 0 Å². The Balaban J connectivity index is 0.000000383. The third-order valence-electron chi connectivity index (χ3n) is 3.11. The highest BCUT2D eigenvalue weighted by Crippen LogP contribution is 2.22. The Bertz CT molecular complexity index is 513. The van der Waals surface area contributed by atoms with E-state index in [1.807, 2.05) is 12.1 Å². The van der Waals surface area contributed by atoms with Gasteiger partial charge in [-0.05, 0) is 17.7 Å². The Kier molecular flexibility index (Phi) is 7.44. The van der Waals surface area contributed by atoms with Crippen LogP contribution in [0.3, 0.4) is 0 Å². The Morgan fingerprint density at radius 1 is 1.43 bits per heavy atom. The molecule has 0 amide bonds. The van der Waals surface area contributed by atoms with Gasteiger partial charge in [-0.2, -0.15) is 0 Å². The molecule has 120 valence electrons. The second kappa shape index (κ2) is 8.57. The maximum atomic E-state index is 10.1. The third kappa shape index (κ3) is 8.92. The zero-order valence-corrected chi connectivity index (χ0v) is 13.7. The summed E-state index contributed by atoms with van der Waals surface area (Å²) in [5.74, 6) is 2.07. The molecule has 0 spiro atoms. The van der Waals surface area contributed by atoms with Gasteiger partial charge in [-0.1, -0.05) is 12.1 Å². The summed E-state index contributed by atoms with van der Waals surface area (Å²) in [6.07, 6.45) is 1.37. The number of thioether (sulfide) groups is 1. The van der Waals surface area contributed by atoms with Crippen LogP contribution in [0.1, 0.15) is 12.0 Å². The minimum absolute atomic E-state index is 0.849. The molecule has 5 nitrogen and oxygen atoms in total. The predicted molar refractivity (Wildman–Crippen MR) is 80.1 cm³/mol. The highest BCUT2D eigenvalue weighted by atomic mass is 32.3. The number of quaternary nitrogens is 1. The Labute approximate surface area is 129 Å². The van der Waals surface area contributed by atoms with Gasteiger partial charge in [-0.25, -0.2) is 8.42 Å². The fourth-order valence-corrected chi connectivity index (χ4v) is 3.39. The molecular weight excluding hydrogens is 317 g/mol. The van der Waals surface area contributed by atoms with Gasteiger partial charge in [0.1, 0.15) is 5.75 Å². The molecule has 1 aliphatic rings. The lowest BCUT2D eigenvalue weighted by molar-refractivity contribution is -0.865. The molecule has 0 aliphatic carbocycles. The number of methoxy groups -OCH3 is 1. The lowest BCUT2D eigenvalue weighted by Gasteiger charge is -2.08. The smallest absolute Gasteiger partial charge is 0.255 e. The maximum absolute atomic E-state index is 10.1. The summed E-state index contributed by atoms with van der Waals surface area (Å²) in [5.41, 5.74) is 1.40. The highest BCUT2D eigenvalue weighted by Gasteiger charge is 2.22. The SMILES string of the molecule is COc1ccc(CSC2CC[NH+](C)C2)cc1.O=S(=O)([O-])F. The van der Waals surface area contributed by atoms with E-state index >= 15 is 0 Å². The summed E-state index contributed by atoms with van der Waals surface area (Å²) < 4.78 is 40.5. The van der Waals surface area contributed by atoms with Crippen molar-refractivity contribution >= 4 is 22.3 Å². The van der Waals surface area contributed by atoms with E-state index in [0.717, 1.165) is 16.8 Å². The van der Waals surface area contributed by atoms with Gasteiger partial charge in [-0.15, -0.1) is 15.6 Å². The molecular formula is C13H20FNO4S2. The van der Waals surface area contributed by atoms with Gasteiger partial charge in [0.25, 0.3) is 10.5 Å². The number of ether oxygens (including phenoxy) is 1. The van der Waals surface area contributed by atoms with Crippen LogP contribution in [-0.2, 0) is 16.3 Å². The molecule has 1 saturated heterocycles. The minimum atomic E-state index is -5.42. The fourth-order valence-electron chi connectivity index (χ4n) is 2.08. The van der Waals surface area contributed by atoms with Gasteiger partial charge < -0.3 is 14.2 Å². The normalized spacial score (nSPS) is 21.5. The standard InChI is InChI=1S/C13H19NOS.FHO3S/c1-14-8-7-13(9-14)16-10-11-3-5-12(15-2)6-4-11;1-5(2,3)4/h3-6,13H,7-10H2,1-2H3;(H,2,3,4). The first-order valence-corrected chi connectivity index (χ1v) is 8.85. The van der Waals surface area contributed by atoms with Crippen LogP contribution in [0, 0.1) is 0 Å². The molecule has 21 heavy (non-hydrogen) atoms. The number of benzene rings is 1. The molecule has 1 aromatic rings. The molecule has 1 N–H and O–H groups in total. The summed E-state index contributed by atoms with van der Waals surface area (Å²) in [6, 6.07) is 8.42. The third-order valence-corrected chi connectivity index (χ3v) is 4.49. The summed E-state index contributed by atoms with van der Waals surface area (Å²) in [4.78, 5) is 1.67. The zero-order chi connectivity index (χ0) is 15.9. The largest absolute Gasteiger partial charge is 0.722 e. The predicted octanol–water partition coefficient (Wildman–Crippen LogP) is 0.631. The van der Waals surface area contributed by atoms with Crippen LogP contribution in [0.5, 0.6) is 5.75 Å². The average molecular weight is 337 g/mol. The first-order valence-electron chi connectivity index (χ1n) is 6.49. The molecule has 1 aliphatic heterocycles. The molecule has 0 aromatic heterocycles. The van der Waals surface area contributed by atoms with Crippen LogP contribution in [0.15, 0.2) is 24.3 Å². The monoisotopic (exact) mass is 337 g/mol. The second-order valence-electron chi connectivity index (χ2n) is 4.87. The average Bonchev–Trinajstić information content (AvgIpc) is 2.81.